The molecule has 0 aromatic heterocycles. The van der Waals surface area contributed by atoms with Crippen LogP contribution in [-0.4, -0.2) is 34.6 Å². The molecule has 1 amide bonds. The molecule has 0 unspecified atom stereocenters. The Morgan fingerprint density at radius 1 is 0.958 bits per heavy atom. The number of carbonyl (C=O) groups excluding carboxylic acids is 1. The van der Waals surface area contributed by atoms with E-state index in [2.05, 4.69) is 5.18 Å². The molecule has 1 saturated heterocycles. The maximum atomic E-state index is 12.8. The minimum Gasteiger partial charge on any atom is -0.488 e. The van der Waals surface area contributed by atoms with Crippen molar-refractivity contribution >= 4 is 40.5 Å². The van der Waals surface area contributed by atoms with Gasteiger partial charge in [-0.1, -0.05) is 71.7 Å². The highest BCUT2D eigenvalue weighted by atomic mass is 35.5. The molecule has 4 aromatic carbocycles. The van der Waals surface area contributed by atoms with Gasteiger partial charge in [-0.15, -0.1) is 4.91 Å². The number of ether oxygens (including phenoxy) is 2. The second-order valence-corrected chi connectivity index (χ2v) is 12.4. The monoisotopic (exact) mass is 687 g/mol. The Bertz CT molecular complexity index is 1850. The number of anilines is 1. The summed E-state index contributed by atoms with van der Waals surface area (Å²) < 4.78 is 12.2. The van der Waals surface area contributed by atoms with Gasteiger partial charge >= 0.3 is 0 Å². The van der Waals surface area contributed by atoms with Crippen LogP contribution < -0.4 is 20.9 Å². The number of aryl methyl sites for hydroxylation is 1. The summed E-state index contributed by atoms with van der Waals surface area (Å²) in [6, 6.07) is 23.8. The molecule has 5 rings (SSSR count). The molecule has 12 heteroatoms. The number of carbonyl (C=O) groups is 1. The summed E-state index contributed by atoms with van der Waals surface area (Å²) >= 11 is 13.4. The van der Waals surface area contributed by atoms with Crippen molar-refractivity contribution in [1.82, 2.24) is 4.90 Å². The van der Waals surface area contributed by atoms with E-state index in [-0.39, 0.29) is 49.9 Å². The number of nitroso groups, excluding NO2 is 1. The minimum atomic E-state index is -1.34. The van der Waals surface area contributed by atoms with Gasteiger partial charge in [-0.25, -0.2) is 0 Å². The largest absolute Gasteiger partial charge is 0.488 e. The van der Waals surface area contributed by atoms with Crippen molar-refractivity contribution in [3.05, 3.63) is 110 Å². The van der Waals surface area contributed by atoms with Crippen LogP contribution >= 0.6 is 23.2 Å². The number of nitrogens with two attached hydrogens (primary N) is 2. The maximum Gasteiger partial charge on any atom is 0.222 e. The van der Waals surface area contributed by atoms with Gasteiger partial charge in [0.05, 0.1) is 21.8 Å². The number of benzene rings is 4. The third-order valence-electron chi connectivity index (χ3n) is 8.40. The lowest BCUT2D eigenvalue weighted by atomic mass is 9.93. The fourth-order valence-corrected chi connectivity index (χ4v) is 6.06. The summed E-state index contributed by atoms with van der Waals surface area (Å²) in [7, 11) is 0. The van der Waals surface area contributed by atoms with Crippen LogP contribution in [0.1, 0.15) is 41.5 Å². The van der Waals surface area contributed by atoms with Crippen LogP contribution in [0.4, 0.5) is 11.4 Å². The first kappa shape index (κ1) is 34.7. The molecule has 0 aliphatic carbocycles. The Balaban J connectivity index is 1.24. The van der Waals surface area contributed by atoms with Gasteiger partial charge in [-0.05, 0) is 46.5 Å². The van der Waals surface area contributed by atoms with Gasteiger partial charge in [-0.2, -0.15) is 5.26 Å². The van der Waals surface area contributed by atoms with Crippen molar-refractivity contribution in [3.63, 3.8) is 0 Å². The molecule has 4 aromatic rings. The summed E-state index contributed by atoms with van der Waals surface area (Å²) in [5, 5.41) is 23.1. The van der Waals surface area contributed by atoms with Crippen molar-refractivity contribution < 1.29 is 19.4 Å². The molecule has 0 bridgehead atoms. The van der Waals surface area contributed by atoms with Crippen LogP contribution in [0.5, 0.6) is 11.5 Å². The maximum absolute atomic E-state index is 12.8. The molecular weight excluding hydrogens is 653 g/mol. The van der Waals surface area contributed by atoms with E-state index in [0.717, 1.165) is 27.8 Å². The normalized spacial score (nSPS) is 13.9. The number of nitriles is 1. The van der Waals surface area contributed by atoms with E-state index in [1.165, 1.54) is 6.07 Å². The first-order valence-corrected chi connectivity index (χ1v) is 16.2. The van der Waals surface area contributed by atoms with Gasteiger partial charge in [-0.3, -0.25) is 4.79 Å². The number of aliphatic hydroxyl groups is 1. The zero-order valence-electron chi connectivity index (χ0n) is 26.1. The third kappa shape index (κ3) is 8.24. The predicted molar refractivity (Wildman–Crippen MR) is 186 cm³/mol. The Morgan fingerprint density at radius 2 is 1.71 bits per heavy atom. The van der Waals surface area contributed by atoms with Crippen molar-refractivity contribution in [1.29, 1.82) is 5.26 Å². The molecule has 5 N–H and O–H groups in total. The first-order chi connectivity index (χ1) is 23.1. The van der Waals surface area contributed by atoms with Gasteiger partial charge in [0, 0.05) is 61.7 Å². The average molecular weight is 689 g/mol. The molecule has 1 fully saturated rings. The number of halogens is 2. The van der Waals surface area contributed by atoms with E-state index in [1.807, 2.05) is 48.5 Å². The standard InChI is InChI=1S/C36H35Cl2N5O5/c37-29-17-27(19-39)32(47-20-24-7-9-31(42-46)30(41)16-24)18-33(29)48-21-26-5-2-6-28(35(26)38)25-4-1-3-23(15-25)8-10-34(44)43-13-11-36(45,22-40)12-14-43/h1-7,9,15-18,45H,8,10-14,19-21,39,41H2. The van der Waals surface area contributed by atoms with Gasteiger partial charge in [0.25, 0.3) is 0 Å². The second kappa shape index (κ2) is 15.5. The summed E-state index contributed by atoms with van der Waals surface area (Å²) in [4.78, 5) is 25.4. The van der Waals surface area contributed by atoms with Crippen molar-refractivity contribution in [3.8, 4) is 28.7 Å². The number of piperidine rings is 1. The number of likely N-dealkylation sites (tertiary alicyclic amines) is 1. The van der Waals surface area contributed by atoms with E-state index < -0.39 is 5.60 Å². The van der Waals surface area contributed by atoms with Crippen LogP contribution in [-0.2, 0) is 31.0 Å². The second-order valence-electron chi connectivity index (χ2n) is 11.7. The average Bonchev–Trinajstić information content (AvgIpc) is 3.10. The Hall–Kier alpha value is -4.66. The molecule has 1 aliphatic heterocycles. The van der Waals surface area contributed by atoms with E-state index in [1.54, 1.807) is 29.2 Å². The Morgan fingerprint density at radius 3 is 2.42 bits per heavy atom. The highest BCUT2D eigenvalue weighted by Gasteiger charge is 2.33. The zero-order chi connectivity index (χ0) is 34.3. The smallest absolute Gasteiger partial charge is 0.222 e. The van der Waals surface area contributed by atoms with Gasteiger partial charge in [0.15, 0.2) is 5.60 Å². The summed E-state index contributed by atoms with van der Waals surface area (Å²) in [6.07, 6.45) is 1.39. The lowest BCUT2D eigenvalue weighted by Crippen LogP contribution is -2.46. The number of nitrogen functional groups attached to an aromatic ring is 1. The first-order valence-electron chi connectivity index (χ1n) is 15.4. The molecule has 10 nitrogen and oxygen atoms in total. The number of hydrogen-bond donors (Lipinski definition) is 3. The molecule has 248 valence electrons. The fraction of sp³-hybridized carbons (Fsp3) is 0.278. The molecule has 0 spiro atoms. The third-order valence-corrected chi connectivity index (χ3v) is 9.14. The van der Waals surface area contributed by atoms with Crippen molar-refractivity contribution in [2.75, 3.05) is 18.8 Å². The topological polar surface area (TPSA) is 164 Å². The SMILES string of the molecule is N#CC1(O)CCN(C(=O)CCc2cccc(-c3cccc(COc4cc(OCc5ccc(N=O)c(N)c5)c(CN)cc4Cl)c3Cl)c2)CC1. The molecule has 0 radical (unpaired) electrons. The Kier molecular flexibility index (Phi) is 11.2. The Labute approximate surface area is 288 Å². The van der Waals surface area contributed by atoms with Crippen LogP contribution in [0.2, 0.25) is 10.0 Å². The molecular formula is C36H35Cl2N5O5. The lowest BCUT2D eigenvalue weighted by molar-refractivity contribution is -0.134. The van der Waals surface area contributed by atoms with Crippen molar-refractivity contribution in [2.45, 2.75) is 51.0 Å². The van der Waals surface area contributed by atoms with Crippen LogP contribution in [0, 0.1) is 16.2 Å². The predicted octanol–water partition coefficient (Wildman–Crippen LogP) is 7.07. The van der Waals surface area contributed by atoms with Gasteiger partial charge < -0.3 is 30.9 Å². The molecule has 1 heterocycles. The lowest BCUT2D eigenvalue weighted by Gasteiger charge is -2.34. The molecule has 48 heavy (non-hydrogen) atoms. The highest BCUT2D eigenvalue weighted by molar-refractivity contribution is 6.34. The summed E-state index contributed by atoms with van der Waals surface area (Å²) in [6.45, 7) is 1.24. The molecule has 0 atom stereocenters. The highest BCUT2D eigenvalue weighted by Crippen LogP contribution is 2.36. The summed E-state index contributed by atoms with van der Waals surface area (Å²) in [5.41, 5.74) is 15.8. The van der Waals surface area contributed by atoms with Crippen molar-refractivity contribution in [2.24, 2.45) is 10.9 Å². The van der Waals surface area contributed by atoms with E-state index in [4.69, 9.17) is 49.4 Å². The minimum absolute atomic E-state index is 0.000202. The number of hydrogen-bond acceptors (Lipinski definition) is 9. The number of nitrogens with zero attached hydrogens (tertiary/aromatic N) is 3. The van der Waals surface area contributed by atoms with Crippen LogP contribution in [0.15, 0.2) is 78.0 Å². The van der Waals surface area contributed by atoms with Crippen LogP contribution in [0.3, 0.4) is 0 Å². The van der Waals surface area contributed by atoms with Crippen LogP contribution in [0.25, 0.3) is 11.1 Å². The molecule has 1 aliphatic rings. The van der Waals surface area contributed by atoms with E-state index in [9.17, 15) is 14.8 Å². The fourth-order valence-electron chi connectivity index (χ4n) is 5.53. The molecule has 0 saturated carbocycles. The quantitative estimate of drug-likeness (QED) is 0.0808. The van der Waals surface area contributed by atoms with Gasteiger partial charge in [0.2, 0.25) is 5.91 Å². The summed E-state index contributed by atoms with van der Waals surface area (Å²) in [5.74, 6) is 0.884. The van der Waals surface area contributed by atoms with Gasteiger partial charge in [0.1, 0.15) is 30.4 Å². The van der Waals surface area contributed by atoms with E-state index in [0.29, 0.717) is 53.0 Å². The zero-order valence-corrected chi connectivity index (χ0v) is 27.6. The number of rotatable bonds is 12. The van der Waals surface area contributed by atoms with E-state index >= 15 is 0 Å². The number of amides is 1.